The second-order valence-corrected chi connectivity index (χ2v) is 5.07. The van der Waals surface area contributed by atoms with Gasteiger partial charge in [0.1, 0.15) is 0 Å². The zero-order chi connectivity index (χ0) is 10.3. The van der Waals surface area contributed by atoms with Gasteiger partial charge in [-0.2, -0.15) is 0 Å². The van der Waals surface area contributed by atoms with Gasteiger partial charge in [0.2, 0.25) is 0 Å². The van der Waals surface area contributed by atoms with Gasteiger partial charge in [0.05, 0.1) is 5.02 Å². The molecule has 15 heavy (non-hydrogen) atoms. The minimum atomic E-state index is 0.868. The lowest BCUT2D eigenvalue weighted by molar-refractivity contribution is 1.06. The Balaban J connectivity index is 2.15. The van der Waals surface area contributed by atoms with Crippen LogP contribution >= 0.6 is 23.4 Å². The largest absolute Gasteiger partial charge is 0.0879 e. The minimum Gasteiger partial charge on any atom is -0.0879 e. The van der Waals surface area contributed by atoms with E-state index in [2.05, 4.69) is 30.3 Å². The van der Waals surface area contributed by atoms with Crippen molar-refractivity contribution in [3.63, 3.8) is 0 Å². The quantitative estimate of drug-likeness (QED) is 0.554. The first-order valence-corrected chi connectivity index (χ1v) is 6.07. The molecule has 74 valence electrons. The van der Waals surface area contributed by atoms with Gasteiger partial charge < -0.3 is 0 Å². The Morgan fingerprint density at radius 1 is 0.933 bits per heavy atom. The molecule has 0 bridgehead atoms. The monoisotopic (exact) mass is 232 g/mol. The zero-order valence-corrected chi connectivity index (χ0v) is 9.61. The van der Waals surface area contributed by atoms with Crippen molar-refractivity contribution >= 4 is 23.4 Å². The molecule has 1 aliphatic rings. The fraction of sp³-hybridized carbons (Fsp3) is 0.0769. The Morgan fingerprint density at radius 2 is 1.73 bits per heavy atom. The van der Waals surface area contributed by atoms with Gasteiger partial charge in [-0.15, -0.1) is 0 Å². The van der Waals surface area contributed by atoms with E-state index < -0.39 is 0 Å². The lowest BCUT2D eigenvalue weighted by Crippen LogP contribution is -1.99. The van der Waals surface area contributed by atoms with Crippen LogP contribution in [0.1, 0.15) is 11.1 Å². The summed E-state index contributed by atoms with van der Waals surface area (Å²) in [5, 5.41) is 0.868. The third-order valence-corrected chi connectivity index (χ3v) is 4.35. The van der Waals surface area contributed by atoms with Crippen LogP contribution in [0.5, 0.6) is 0 Å². The van der Waals surface area contributed by atoms with Crippen LogP contribution in [-0.4, -0.2) is 0 Å². The lowest BCUT2D eigenvalue weighted by atomic mass is 10.0. The predicted molar refractivity (Wildman–Crippen MR) is 64.8 cm³/mol. The van der Waals surface area contributed by atoms with Crippen molar-refractivity contribution in [3.05, 3.63) is 58.6 Å². The molecule has 0 saturated carbocycles. The second kappa shape index (κ2) is 3.58. The smallest absolute Gasteiger partial charge is 0.0548 e. The fourth-order valence-corrected chi connectivity index (χ4v) is 3.26. The molecular formula is C13H9ClS. The molecule has 0 unspecified atom stereocenters. The Morgan fingerprint density at radius 3 is 2.67 bits per heavy atom. The maximum absolute atomic E-state index is 6.19. The summed E-state index contributed by atoms with van der Waals surface area (Å²) < 4.78 is 0. The van der Waals surface area contributed by atoms with E-state index in [4.69, 9.17) is 11.6 Å². The normalized spacial score (nSPS) is 13.1. The molecule has 0 aromatic heterocycles. The van der Waals surface area contributed by atoms with Crippen LogP contribution < -0.4 is 0 Å². The summed E-state index contributed by atoms with van der Waals surface area (Å²) in [5.41, 5.74) is 2.74. The Hall–Kier alpha value is -0.920. The summed E-state index contributed by atoms with van der Waals surface area (Å²) in [6.07, 6.45) is 0.999. The van der Waals surface area contributed by atoms with Crippen LogP contribution in [-0.2, 0) is 6.42 Å². The Labute approximate surface area is 98.3 Å². The molecule has 0 radical (unpaired) electrons. The first-order chi connectivity index (χ1) is 7.34. The first kappa shape index (κ1) is 9.32. The average Bonchev–Trinajstić information content (AvgIpc) is 2.27. The number of halogens is 1. The topological polar surface area (TPSA) is 0 Å². The molecule has 1 heterocycles. The second-order valence-electron chi connectivity index (χ2n) is 3.61. The number of benzene rings is 2. The standard InChI is InChI=1S/C13H9ClS/c14-11-6-3-5-10-8-9-4-1-2-7-12(9)15-13(10)11/h1-7H,8H2. The molecule has 0 aliphatic carbocycles. The third kappa shape index (κ3) is 1.56. The average molecular weight is 233 g/mol. The molecule has 2 aromatic carbocycles. The summed E-state index contributed by atoms with van der Waals surface area (Å²) in [7, 11) is 0. The summed E-state index contributed by atoms with van der Waals surface area (Å²) in [6.45, 7) is 0. The van der Waals surface area contributed by atoms with Crippen LogP contribution in [0, 0.1) is 0 Å². The molecule has 0 fully saturated rings. The Kier molecular flexibility index (Phi) is 2.23. The summed E-state index contributed by atoms with van der Waals surface area (Å²) in [5.74, 6) is 0. The maximum atomic E-state index is 6.19. The van der Waals surface area contributed by atoms with Crippen molar-refractivity contribution in [1.29, 1.82) is 0 Å². The molecule has 2 aromatic rings. The first-order valence-electron chi connectivity index (χ1n) is 4.88. The number of rotatable bonds is 0. The van der Waals surface area contributed by atoms with Gasteiger partial charge >= 0.3 is 0 Å². The van der Waals surface area contributed by atoms with Gasteiger partial charge in [0.25, 0.3) is 0 Å². The molecule has 0 atom stereocenters. The van der Waals surface area contributed by atoms with Crippen molar-refractivity contribution in [2.24, 2.45) is 0 Å². The molecular weight excluding hydrogens is 224 g/mol. The number of hydrogen-bond acceptors (Lipinski definition) is 1. The van der Waals surface area contributed by atoms with E-state index in [0.717, 1.165) is 11.4 Å². The highest BCUT2D eigenvalue weighted by Crippen LogP contribution is 2.42. The predicted octanol–water partition coefficient (Wildman–Crippen LogP) is 4.40. The van der Waals surface area contributed by atoms with Gasteiger partial charge in [-0.3, -0.25) is 0 Å². The van der Waals surface area contributed by atoms with E-state index in [9.17, 15) is 0 Å². The summed E-state index contributed by atoms with van der Waals surface area (Å²) in [6, 6.07) is 14.7. The summed E-state index contributed by atoms with van der Waals surface area (Å²) >= 11 is 7.97. The molecule has 0 N–H and O–H groups in total. The number of hydrogen-bond donors (Lipinski definition) is 0. The highest BCUT2D eigenvalue weighted by atomic mass is 35.5. The SMILES string of the molecule is Clc1cccc2c1Sc1ccccc1C2. The van der Waals surface area contributed by atoms with E-state index in [-0.39, 0.29) is 0 Å². The van der Waals surface area contributed by atoms with E-state index in [1.165, 1.54) is 20.9 Å². The van der Waals surface area contributed by atoms with Crippen molar-refractivity contribution < 1.29 is 0 Å². The molecule has 0 spiro atoms. The highest BCUT2D eigenvalue weighted by Gasteiger charge is 2.17. The van der Waals surface area contributed by atoms with Gasteiger partial charge in [-0.05, 0) is 29.7 Å². The fourth-order valence-electron chi connectivity index (χ4n) is 1.87. The minimum absolute atomic E-state index is 0.868. The highest BCUT2D eigenvalue weighted by molar-refractivity contribution is 7.99. The maximum Gasteiger partial charge on any atom is 0.0548 e. The molecule has 0 saturated heterocycles. The molecule has 1 aliphatic heterocycles. The van der Waals surface area contributed by atoms with Gasteiger partial charge in [-0.1, -0.05) is 53.7 Å². The van der Waals surface area contributed by atoms with Crippen LogP contribution in [0.2, 0.25) is 5.02 Å². The van der Waals surface area contributed by atoms with E-state index in [0.29, 0.717) is 0 Å². The lowest BCUT2D eigenvalue weighted by Gasteiger charge is -2.19. The molecule has 2 heteroatoms. The van der Waals surface area contributed by atoms with Gasteiger partial charge in [-0.25, -0.2) is 0 Å². The zero-order valence-electron chi connectivity index (χ0n) is 8.03. The summed E-state index contributed by atoms with van der Waals surface area (Å²) in [4.78, 5) is 2.55. The molecule has 3 rings (SSSR count). The van der Waals surface area contributed by atoms with Crippen molar-refractivity contribution in [2.45, 2.75) is 16.2 Å². The van der Waals surface area contributed by atoms with E-state index in [1.54, 1.807) is 11.8 Å². The van der Waals surface area contributed by atoms with E-state index in [1.807, 2.05) is 12.1 Å². The third-order valence-electron chi connectivity index (χ3n) is 2.61. The van der Waals surface area contributed by atoms with Crippen molar-refractivity contribution in [1.82, 2.24) is 0 Å². The van der Waals surface area contributed by atoms with Crippen molar-refractivity contribution in [2.75, 3.05) is 0 Å². The Bertz CT molecular complexity index is 520. The van der Waals surface area contributed by atoms with Gasteiger partial charge in [0, 0.05) is 9.79 Å². The van der Waals surface area contributed by atoms with Crippen LogP contribution in [0.15, 0.2) is 52.3 Å². The van der Waals surface area contributed by atoms with Gasteiger partial charge in [0.15, 0.2) is 0 Å². The van der Waals surface area contributed by atoms with E-state index >= 15 is 0 Å². The number of fused-ring (bicyclic) bond motifs is 2. The van der Waals surface area contributed by atoms with Crippen LogP contribution in [0.4, 0.5) is 0 Å². The van der Waals surface area contributed by atoms with Crippen LogP contribution in [0.3, 0.4) is 0 Å². The van der Waals surface area contributed by atoms with Crippen LogP contribution in [0.25, 0.3) is 0 Å². The molecule has 0 amide bonds. The van der Waals surface area contributed by atoms with Crippen molar-refractivity contribution in [3.8, 4) is 0 Å². The molecule has 0 nitrogen and oxygen atoms in total.